The Balaban J connectivity index is 1.43. The van der Waals surface area contributed by atoms with Crippen molar-refractivity contribution in [1.82, 2.24) is 5.43 Å². The minimum atomic E-state index is -0.518. The number of hydrogen-bond acceptors (Lipinski definition) is 6. The van der Waals surface area contributed by atoms with Crippen LogP contribution in [0.15, 0.2) is 90.0 Å². The number of rotatable bonds is 9. The molecule has 0 fully saturated rings. The fourth-order valence-corrected chi connectivity index (χ4v) is 3.29. The lowest BCUT2D eigenvalue weighted by Gasteiger charge is -2.12. The molecule has 0 radical (unpaired) electrons. The van der Waals surface area contributed by atoms with Crippen molar-refractivity contribution in [2.24, 2.45) is 5.10 Å². The zero-order chi connectivity index (χ0) is 24.6. The van der Waals surface area contributed by atoms with E-state index in [2.05, 4.69) is 10.5 Å². The Kier molecular flexibility index (Phi) is 7.27. The number of nitro benzene ring substituents is 1. The summed E-state index contributed by atoms with van der Waals surface area (Å²) in [4.78, 5) is 22.3. The van der Waals surface area contributed by atoms with Crippen LogP contribution in [0.2, 0.25) is 0 Å². The topological polar surface area (TPSA) is 103 Å². The number of nitrogens with one attached hydrogen (secondary N) is 1. The van der Waals surface area contributed by atoms with Gasteiger partial charge in [-0.2, -0.15) is 5.10 Å². The SMILES string of the molecule is O=C(COc1ccc([N+](=O)[O-])cc1)N/N=C\c1c(OCc2ccc(F)cc2)ccc2ccccc12. The van der Waals surface area contributed by atoms with Crippen LogP contribution in [0.3, 0.4) is 0 Å². The van der Waals surface area contributed by atoms with E-state index in [4.69, 9.17) is 9.47 Å². The van der Waals surface area contributed by atoms with Crippen LogP contribution in [0.4, 0.5) is 10.1 Å². The van der Waals surface area contributed by atoms with Crippen molar-refractivity contribution in [1.29, 1.82) is 0 Å². The average molecular weight is 473 g/mol. The minimum absolute atomic E-state index is 0.0704. The lowest BCUT2D eigenvalue weighted by molar-refractivity contribution is -0.384. The molecule has 4 rings (SSSR count). The normalized spacial score (nSPS) is 10.9. The van der Waals surface area contributed by atoms with E-state index in [9.17, 15) is 19.3 Å². The highest BCUT2D eigenvalue weighted by molar-refractivity contribution is 6.02. The summed E-state index contributed by atoms with van der Waals surface area (Å²) in [7, 11) is 0. The third kappa shape index (κ3) is 6.17. The van der Waals surface area contributed by atoms with E-state index in [1.165, 1.54) is 42.6 Å². The van der Waals surface area contributed by atoms with Gasteiger partial charge in [0.1, 0.15) is 23.9 Å². The number of hydrazone groups is 1. The summed E-state index contributed by atoms with van der Waals surface area (Å²) < 4.78 is 24.5. The zero-order valence-corrected chi connectivity index (χ0v) is 18.4. The molecule has 35 heavy (non-hydrogen) atoms. The van der Waals surface area contributed by atoms with E-state index in [0.29, 0.717) is 17.1 Å². The highest BCUT2D eigenvalue weighted by Gasteiger charge is 2.09. The number of benzene rings is 4. The highest BCUT2D eigenvalue weighted by atomic mass is 19.1. The molecular weight excluding hydrogens is 453 g/mol. The number of nitrogens with zero attached hydrogens (tertiary/aromatic N) is 2. The summed E-state index contributed by atoms with van der Waals surface area (Å²) in [5, 5.41) is 16.6. The molecule has 0 saturated carbocycles. The van der Waals surface area contributed by atoms with E-state index >= 15 is 0 Å². The van der Waals surface area contributed by atoms with Crippen molar-refractivity contribution in [2.75, 3.05) is 6.61 Å². The number of nitro groups is 1. The smallest absolute Gasteiger partial charge is 0.277 e. The molecule has 0 aliphatic rings. The van der Waals surface area contributed by atoms with Gasteiger partial charge in [0.15, 0.2) is 6.61 Å². The van der Waals surface area contributed by atoms with Crippen LogP contribution in [-0.2, 0) is 11.4 Å². The molecule has 1 N–H and O–H groups in total. The standard InChI is InChI=1S/C26H20FN3O5/c27-20-8-5-18(6-9-20)16-35-25-14-7-19-3-1-2-4-23(19)24(25)15-28-29-26(31)17-34-22-12-10-21(11-13-22)30(32)33/h1-15H,16-17H2,(H,29,31)/b28-15-. The second-order valence-corrected chi connectivity index (χ2v) is 7.45. The predicted molar refractivity (Wildman–Crippen MR) is 129 cm³/mol. The van der Waals surface area contributed by atoms with Gasteiger partial charge in [0.25, 0.3) is 11.6 Å². The molecule has 0 aliphatic heterocycles. The number of hydrogen-bond donors (Lipinski definition) is 1. The molecule has 4 aromatic rings. The minimum Gasteiger partial charge on any atom is -0.488 e. The van der Waals surface area contributed by atoms with Gasteiger partial charge in [0, 0.05) is 17.7 Å². The maximum Gasteiger partial charge on any atom is 0.277 e. The summed E-state index contributed by atoms with van der Waals surface area (Å²) in [5.41, 5.74) is 3.81. The molecule has 0 spiro atoms. The number of ether oxygens (including phenoxy) is 2. The predicted octanol–water partition coefficient (Wildman–Crippen LogP) is 5.00. The second-order valence-electron chi connectivity index (χ2n) is 7.45. The Morgan fingerprint density at radius 1 is 0.971 bits per heavy atom. The van der Waals surface area contributed by atoms with Crippen molar-refractivity contribution < 1.29 is 23.6 Å². The average Bonchev–Trinajstić information content (AvgIpc) is 2.88. The van der Waals surface area contributed by atoms with Gasteiger partial charge in [-0.25, -0.2) is 9.82 Å². The first-order valence-electron chi connectivity index (χ1n) is 10.6. The van der Waals surface area contributed by atoms with Gasteiger partial charge in [0.2, 0.25) is 0 Å². The van der Waals surface area contributed by atoms with Gasteiger partial charge >= 0.3 is 0 Å². The Morgan fingerprint density at radius 2 is 1.71 bits per heavy atom. The molecule has 0 aromatic heterocycles. The molecule has 0 aliphatic carbocycles. The van der Waals surface area contributed by atoms with Gasteiger partial charge < -0.3 is 9.47 Å². The van der Waals surface area contributed by atoms with Crippen molar-refractivity contribution in [3.63, 3.8) is 0 Å². The van der Waals surface area contributed by atoms with Crippen LogP contribution < -0.4 is 14.9 Å². The van der Waals surface area contributed by atoms with Crippen LogP contribution in [0.25, 0.3) is 10.8 Å². The Hall–Kier alpha value is -4.79. The summed E-state index contributed by atoms with van der Waals surface area (Å²) >= 11 is 0. The first-order chi connectivity index (χ1) is 17.0. The van der Waals surface area contributed by atoms with E-state index in [-0.39, 0.29) is 24.7 Å². The molecule has 8 nitrogen and oxygen atoms in total. The lowest BCUT2D eigenvalue weighted by atomic mass is 10.0. The van der Waals surface area contributed by atoms with Crippen LogP contribution >= 0.6 is 0 Å². The molecule has 0 unspecified atom stereocenters. The number of carbonyl (C=O) groups is 1. The fraction of sp³-hybridized carbons (Fsp3) is 0.0769. The Morgan fingerprint density at radius 3 is 2.46 bits per heavy atom. The molecular formula is C26H20FN3O5. The summed E-state index contributed by atoms with van der Waals surface area (Å²) in [5.74, 6) is 0.0441. The van der Waals surface area contributed by atoms with Gasteiger partial charge in [-0.3, -0.25) is 14.9 Å². The lowest BCUT2D eigenvalue weighted by Crippen LogP contribution is -2.24. The number of non-ortho nitro benzene ring substituents is 1. The first kappa shape index (κ1) is 23.4. The maximum absolute atomic E-state index is 13.2. The van der Waals surface area contributed by atoms with E-state index in [1.807, 2.05) is 36.4 Å². The molecule has 0 bridgehead atoms. The van der Waals surface area contributed by atoms with E-state index in [1.54, 1.807) is 12.1 Å². The molecule has 0 atom stereocenters. The van der Waals surface area contributed by atoms with Gasteiger partial charge in [-0.15, -0.1) is 0 Å². The van der Waals surface area contributed by atoms with Crippen LogP contribution in [0.5, 0.6) is 11.5 Å². The van der Waals surface area contributed by atoms with Crippen molar-refractivity contribution >= 4 is 28.6 Å². The van der Waals surface area contributed by atoms with Crippen LogP contribution in [0.1, 0.15) is 11.1 Å². The van der Waals surface area contributed by atoms with Gasteiger partial charge in [0.05, 0.1) is 11.1 Å². The number of amides is 1. The maximum atomic E-state index is 13.2. The molecule has 0 heterocycles. The monoisotopic (exact) mass is 473 g/mol. The fourth-order valence-electron chi connectivity index (χ4n) is 3.29. The zero-order valence-electron chi connectivity index (χ0n) is 18.4. The molecule has 176 valence electrons. The summed E-state index contributed by atoms with van der Waals surface area (Å²) in [6.07, 6.45) is 1.49. The second kappa shape index (κ2) is 10.9. The molecule has 9 heteroatoms. The molecule has 0 saturated heterocycles. The third-order valence-electron chi connectivity index (χ3n) is 5.04. The van der Waals surface area contributed by atoms with E-state index in [0.717, 1.165) is 16.3 Å². The molecule has 1 amide bonds. The van der Waals surface area contributed by atoms with Gasteiger partial charge in [-0.1, -0.05) is 42.5 Å². The Labute approximate surface area is 199 Å². The van der Waals surface area contributed by atoms with Crippen LogP contribution in [0, 0.1) is 15.9 Å². The van der Waals surface area contributed by atoms with Crippen molar-refractivity contribution in [3.05, 3.63) is 112 Å². The van der Waals surface area contributed by atoms with Crippen molar-refractivity contribution in [2.45, 2.75) is 6.61 Å². The van der Waals surface area contributed by atoms with Crippen LogP contribution in [-0.4, -0.2) is 23.7 Å². The largest absolute Gasteiger partial charge is 0.488 e. The highest BCUT2D eigenvalue weighted by Crippen LogP contribution is 2.27. The quantitative estimate of drug-likeness (QED) is 0.209. The summed E-state index contributed by atoms with van der Waals surface area (Å²) in [6, 6.07) is 22.9. The number of halogens is 1. The molecule has 4 aromatic carbocycles. The third-order valence-corrected chi connectivity index (χ3v) is 5.04. The summed E-state index contributed by atoms with van der Waals surface area (Å²) in [6.45, 7) is -0.0898. The van der Waals surface area contributed by atoms with Gasteiger partial charge in [-0.05, 0) is 46.7 Å². The number of carbonyl (C=O) groups excluding carboxylic acids is 1. The van der Waals surface area contributed by atoms with E-state index < -0.39 is 10.8 Å². The van der Waals surface area contributed by atoms with Crippen molar-refractivity contribution in [3.8, 4) is 11.5 Å². The number of fused-ring (bicyclic) bond motifs is 1. The Bertz CT molecular complexity index is 1370. The first-order valence-corrected chi connectivity index (χ1v) is 10.6.